The second-order valence-corrected chi connectivity index (χ2v) is 10.6. The molecular formula is C22H24Cl2NOPTi. The van der Waals surface area contributed by atoms with E-state index in [1.165, 1.54) is 22.0 Å². The molecule has 1 N–H and O–H groups in total. The number of rotatable bonds is 5. The Labute approximate surface area is 186 Å². The molecule has 0 heterocycles. The third kappa shape index (κ3) is 7.19. The molecule has 3 rings (SSSR count). The Morgan fingerprint density at radius 2 is 1.57 bits per heavy atom. The second-order valence-electron chi connectivity index (χ2n) is 6.69. The number of phenolic OH excluding ortho intramolecular Hbond substituents is 1. The molecule has 1 unspecified atom stereocenters. The molecule has 0 saturated heterocycles. The number of aryl methyl sites for hydroxylation is 1. The number of hydrogen-bond acceptors (Lipinski definition) is 2. The number of phenols is 1. The second kappa shape index (κ2) is 12.0. The molecule has 0 amide bonds. The summed E-state index contributed by atoms with van der Waals surface area (Å²) in [6.45, 7) is 3.03. The van der Waals surface area contributed by atoms with Crippen LogP contribution in [-0.4, -0.2) is 24.1 Å². The number of benzene rings is 3. The maximum absolute atomic E-state index is 10.4. The van der Waals surface area contributed by atoms with E-state index in [9.17, 15) is 5.11 Å². The van der Waals surface area contributed by atoms with Gasteiger partial charge in [-0.1, -0.05) is 68.7 Å². The zero-order valence-corrected chi connectivity index (χ0v) is 20.3. The Bertz CT molecular complexity index is 891. The van der Waals surface area contributed by atoms with Crippen molar-refractivity contribution in [1.82, 2.24) is 4.90 Å². The molecule has 3 aromatic carbocycles. The molecule has 6 heteroatoms. The van der Waals surface area contributed by atoms with Gasteiger partial charge < -0.3 is 10.0 Å². The van der Waals surface area contributed by atoms with Gasteiger partial charge in [0.2, 0.25) is 0 Å². The van der Waals surface area contributed by atoms with Crippen molar-refractivity contribution in [3.05, 3.63) is 77.9 Å². The first-order chi connectivity index (χ1) is 13.4. The monoisotopic (exact) mass is 467 g/mol. The summed E-state index contributed by atoms with van der Waals surface area (Å²) in [6, 6.07) is 22.8. The Morgan fingerprint density at radius 1 is 0.893 bits per heavy atom. The Kier molecular flexibility index (Phi) is 10.0. The summed E-state index contributed by atoms with van der Waals surface area (Å²) in [4.78, 5) is 2.18. The Morgan fingerprint density at radius 3 is 2.21 bits per heavy atom. The normalized spacial score (nSPS) is 10.8. The van der Waals surface area contributed by atoms with Crippen LogP contribution >= 0.6 is 27.2 Å². The van der Waals surface area contributed by atoms with Gasteiger partial charge in [0.15, 0.2) is 0 Å². The van der Waals surface area contributed by atoms with Gasteiger partial charge in [0.1, 0.15) is 5.75 Å². The first-order valence-electron chi connectivity index (χ1n) is 8.80. The van der Waals surface area contributed by atoms with Crippen molar-refractivity contribution in [2.45, 2.75) is 13.5 Å². The first kappa shape index (κ1) is 23.4. The van der Waals surface area contributed by atoms with Crippen molar-refractivity contribution >= 4 is 37.8 Å². The molecule has 0 bridgehead atoms. The first-order valence-corrected chi connectivity index (χ1v) is 14.1. The van der Waals surface area contributed by atoms with Crippen LogP contribution in [0.5, 0.6) is 5.75 Å². The van der Waals surface area contributed by atoms with Crippen molar-refractivity contribution < 1.29 is 22.1 Å². The number of nitrogens with zero attached hydrogens (tertiary/aromatic N) is 1. The van der Waals surface area contributed by atoms with Crippen molar-refractivity contribution in [1.29, 1.82) is 0 Å². The van der Waals surface area contributed by atoms with E-state index in [1.54, 1.807) is 0 Å². The van der Waals surface area contributed by atoms with E-state index in [2.05, 4.69) is 62.3 Å². The van der Waals surface area contributed by atoms with Crippen molar-refractivity contribution in [2.75, 3.05) is 14.1 Å². The third-order valence-corrected chi connectivity index (χ3v) is 5.55. The SMILES string of the molecule is Cc1ccc(Pc2cc(-c3ccccc3)ccc2O)c(CN(C)C)c1.[Cl][Ti][Cl]. The van der Waals surface area contributed by atoms with Crippen molar-refractivity contribution in [3.63, 3.8) is 0 Å². The van der Waals surface area contributed by atoms with E-state index >= 15 is 0 Å². The topological polar surface area (TPSA) is 23.5 Å². The molecule has 0 aliphatic heterocycles. The molecule has 3 aromatic rings. The molecule has 1 atom stereocenters. The molecular weight excluding hydrogens is 444 g/mol. The summed E-state index contributed by atoms with van der Waals surface area (Å²) >= 11 is -0.556. The van der Waals surface area contributed by atoms with Gasteiger partial charge in [-0.05, 0) is 55.1 Å². The molecule has 0 aliphatic carbocycles. The van der Waals surface area contributed by atoms with Crippen molar-refractivity contribution in [2.24, 2.45) is 0 Å². The van der Waals surface area contributed by atoms with Crippen LogP contribution in [0.25, 0.3) is 11.1 Å². The number of hydrogen-bond donors (Lipinski definition) is 1. The fourth-order valence-electron chi connectivity index (χ4n) is 2.91. The van der Waals surface area contributed by atoms with Crippen LogP contribution in [0.3, 0.4) is 0 Å². The van der Waals surface area contributed by atoms with Gasteiger partial charge in [-0.15, -0.1) is 0 Å². The molecule has 0 radical (unpaired) electrons. The van der Waals surface area contributed by atoms with E-state index in [-0.39, 0.29) is 0 Å². The third-order valence-electron chi connectivity index (χ3n) is 4.12. The van der Waals surface area contributed by atoms with Gasteiger partial charge in [0.25, 0.3) is 0 Å². The van der Waals surface area contributed by atoms with Crippen LogP contribution in [0.15, 0.2) is 66.7 Å². The minimum atomic E-state index is -0.556. The van der Waals surface area contributed by atoms with Crippen LogP contribution < -0.4 is 10.6 Å². The van der Waals surface area contributed by atoms with Gasteiger partial charge in [0.05, 0.1) is 0 Å². The molecule has 0 spiro atoms. The predicted molar refractivity (Wildman–Crippen MR) is 121 cm³/mol. The number of halogens is 2. The minimum absolute atomic E-state index is 0.370. The molecule has 146 valence electrons. The Balaban J connectivity index is 0.000000878. The van der Waals surface area contributed by atoms with E-state index in [0.717, 1.165) is 17.4 Å². The van der Waals surface area contributed by atoms with Crippen LogP contribution in [0, 0.1) is 6.92 Å². The van der Waals surface area contributed by atoms with E-state index in [4.69, 9.17) is 18.6 Å². The summed E-state index contributed by atoms with van der Waals surface area (Å²) in [7, 11) is 14.4. The van der Waals surface area contributed by atoms with Crippen LogP contribution in [0.2, 0.25) is 0 Å². The zero-order valence-electron chi connectivity index (χ0n) is 16.2. The molecule has 2 nitrogen and oxygen atoms in total. The van der Waals surface area contributed by atoms with Crippen LogP contribution in [-0.2, 0) is 23.6 Å². The summed E-state index contributed by atoms with van der Waals surface area (Å²) in [5.74, 6) is 0.370. The van der Waals surface area contributed by atoms with Gasteiger partial charge in [-0.3, -0.25) is 0 Å². The van der Waals surface area contributed by atoms with Crippen LogP contribution in [0.4, 0.5) is 0 Å². The quantitative estimate of drug-likeness (QED) is 0.399. The predicted octanol–water partition coefficient (Wildman–Crippen LogP) is 5.44. The zero-order chi connectivity index (χ0) is 20.5. The van der Waals surface area contributed by atoms with E-state index < -0.39 is 17.0 Å². The molecule has 0 fully saturated rings. The van der Waals surface area contributed by atoms with E-state index in [1.807, 2.05) is 30.3 Å². The molecule has 0 aromatic heterocycles. The average Bonchev–Trinajstić information content (AvgIpc) is 2.66. The summed E-state index contributed by atoms with van der Waals surface area (Å²) in [5.41, 5.74) is 4.91. The van der Waals surface area contributed by atoms with Gasteiger partial charge in [-0.2, -0.15) is 0 Å². The molecule has 28 heavy (non-hydrogen) atoms. The molecule has 0 aliphatic rings. The maximum atomic E-state index is 10.4. The standard InChI is InChI=1S/C22H24NOP.2ClH.Ti/c1-16-9-12-21(19(13-16)15-23(2)3)25-22-14-18(10-11-20(22)24)17-7-5-4-6-8-17;;;/h4-14,24-25H,15H2,1-3H3;2*1H;/q;;;+2/p-2. The van der Waals surface area contributed by atoms with Gasteiger partial charge >= 0.3 is 35.6 Å². The van der Waals surface area contributed by atoms with Gasteiger partial charge in [0, 0.05) is 11.8 Å². The number of aromatic hydroxyl groups is 1. The fourth-order valence-corrected chi connectivity index (χ4v) is 4.12. The summed E-state index contributed by atoms with van der Waals surface area (Å²) in [5, 5.41) is 12.6. The Hall–Kier alpha value is -0.856. The van der Waals surface area contributed by atoms with Gasteiger partial charge in [-0.25, -0.2) is 0 Å². The van der Waals surface area contributed by atoms with E-state index in [0.29, 0.717) is 14.3 Å². The molecule has 0 saturated carbocycles. The summed E-state index contributed by atoms with van der Waals surface area (Å²) < 4.78 is 0. The fraction of sp³-hybridized carbons (Fsp3) is 0.182. The van der Waals surface area contributed by atoms with Crippen LogP contribution in [0.1, 0.15) is 11.1 Å². The van der Waals surface area contributed by atoms with Crippen molar-refractivity contribution in [3.8, 4) is 16.9 Å². The summed E-state index contributed by atoms with van der Waals surface area (Å²) in [6.07, 6.45) is 0. The average molecular weight is 468 g/mol.